The lowest BCUT2D eigenvalue weighted by Gasteiger charge is -2.19. The fourth-order valence-corrected chi connectivity index (χ4v) is 2.92. The number of carbonyl (C=O) groups excluding carboxylic acids is 3. The third-order valence-electron chi connectivity index (χ3n) is 4.04. The fourth-order valence-electron chi connectivity index (χ4n) is 2.45. The molecule has 7 nitrogen and oxygen atoms in total. The number of nitrogens with one attached hydrogen (secondary N) is 4. The van der Waals surface area contributed by atoms with Gasteiger partial charge in [0.25, 0.3) is 11.8 Å². The van der Waals surface area contributed by atoms with Gasteiger partial charge >= 0.3 is 12.2 Å². The van der Waals surface area contributed by atoms with Gasteiger partial charge in [-0.3, -0.25) is 15.0 Å². The normalized spacial score (nSPS) is 11.9. The summed E-state index contributed by atoms with van der Waals surface area (Å²) in [6.07, 6.45) is -2.44. The summed E-state index contributed by atoms with van der Waals surface area (Å²) in [5.74, 6) is -0.844. The Kier molecular flexibility index (Phi) is 8.74. The smallest absolute Gasteiger partial charge is 0.340 e. The highest BCUT2D eigenvalue weighted by Gasteiger charge is 2.30. The van der Waals surface area contributed by atoms with Crippen molar-refractivity contribution in [2.45, 2.75) is 18.6 Å². The third-order valence-corrected chi connectivity index (χ3v) is 4.68. The molecule has 4 N–H and O–H groups in total. The zero-order valence-electron chi connectivity index (χ0n) is 16.5. The van der Waals surface area contributed by atoms with Crippen molar-refractivity contribution in [3.8, 4) is 0 Å². The average Bonchev–Trinajstić information content (AvgIpc) is 2.75. The quantitative estimate of drug-likeness (QED) is 0.482. The Bertz CT molecular complexity index is 893. The van der Waals surface area contributed by atoms with Crippen molar-refractivity contribution >= 4 is 35.3 Å². The monoisotopic (exact) mass is 454 g/mol. The maximum atomic E-state index is 12.7. The van der Waals surface area contributed by atoms with Gasteiger partial charge in [0, 0.05) is 11.3 Å². The van der Waals surface area contributed by atoms with Gasteiger partial charge in [-0.15, -0.1) is 0 Å². The van der Waals surface area contributed by atoms with E-state index in [-0.39, 0.29) is 12.0 Å². The molecule has 0 aliphatic heterocycles. The Morgan fingerprint density at radius 2 is 1.61 bits per heavy atom. The topological polar surface area (TPSA) is 99.3 Å². The number of halogens is 3. The first-order valence-corrected chi connectivity index (χ1v) is 10.5. The number of hydrogen-bond donors (Lipinski definition) is 4. The Hall–Kier alpha value is -3.21. The summed E-state index contributed by atoms with van der Waals surface area (Å²) in [6, 6.07) is 10.5. The van der Waals surface area contributed by atoms with Crippen molar-refractivity contribution in [1.82, 2.24) is 16.2 Å². The standard InChI is InChI=1S/C20H21F3N4O3S/c1-31-12-11-16(18(29)26-27-19(30)24-15-5-3-2-4-6-15)25-17(28)13-7-9-14(10-8-13)20(21,22)23/h2-10,16H,11-12H2,1H3,(H,25,28)(H,26,29)(H2,24,27,30). The second-order valence-electron chi connectivity index (χ2n) is 6.32. The average molecular weight is 454 g/mol. The van der Waals surface area contributed by atoms with Crippen molar-refractivity contribution < 1.29 is 27.6 Å². The molecule has 2 aromatic carbocycles. The number of hydrazine groups is 1. The molecule has 0 spiro atoms. The Morgan fingerprint density at radius 1 is 0.968 bits per heavy atom. The Morgan fingerprint density at radius 3 is 2.19 bits per heavy atom. The maximum Gasteiger partial charge on any atom is 0.416 e. The van der Waals surface area contributed by atoms with Gasteiger partial charge in [-0.05, 0) is 54.8 Å². The molecule has 2 rings (SSSR count). The van der Waals surface area contributed by atoms with Crippen molar-refractivity contribution in [3.05, 3.63) is 65.7 Å². The fraction of sp³-hybridized carbons (Fsp3) is 0.250. The Balaban J connectivity index is 1.95. The molecular formula is C20H21F3N4O3S. The van der Waals surface area contributed by atoms with Gasteiger partial charge in [-0.25, -0.2) is 10.2 Å². The van der Waals surface area contributed by atoms with E-state index < -0.39 is 35.6 Å². The SMILES string of the molecule is CSCCC(NC(=O)c1ccc(C(F)(F)F)cc1)C(=O)NNC(=O)Nc1ccccc1. The number of urea groups is 1. The van der Waals surface area contributed by atoms with Gasteiger partial charge < -0.3 is 10.6 Å². The number of alkyl halides is 3. The van der Waals surface area contributed by atoms with Gasteiger partial charge in [0.05, 0.1) is 5.56 Å². The molecule has 0 heterocycles. The highest BCUT2D eigenvalue weighted by atomic mass is 32.2. The number of anilines is 1. The van der Waals surface area contributed by atoms with E-state index in [4.69, 9.17) is 0 Å². The first-order valence-electron chi connectivity index (χ1n) is 9.09. The second-order valence-corrected chi connectivity index (χ2v) is 7.30. The van der Waals surface area contributed by atoms with Crippen LogP contribution in [0.15, 0.2) is 54.6 Å². The summed E-state index contributed by atoms with van der Waals surface area (Å²) in [6.45, 7) is 0. The summed E-state index contributed by atoms with van der Waals surface area (Å²) in [7, 11) is 0. The molecule has 0 aromatic heterocycles. The van der Waals surface area contributed by atoms with Crippen molar-refractivity contribution in [3.63, 3.8) is 0 Å². The van der Waals surface area contributed by atoms with Crippen molar-refractivity contribution in [2.24, 2.45) is 0 Å². The van der Waals surface area contributed by atoms with Crippen LogP contribution in [0.3, 0.4) is 0 Å². The molecule has 2 aromatic rings. The van der Waals surface area contributed by atoms with Crippen LogP contribution in [0.4, 0.5) is 23.7 Å². The van der Waals surface area contributed by atoms with Crippen LogP contribution in [0.1, 0.15) is 22.3 Å². The lowest BCUT2D eigenvalue weighted by atomic mass is 10.1. The molecule has 0 bridgehead atoms. The molecule has 31 heavy (non-hydrogen) atoms. The van der Waals surface area contributed by atoms with Gasteiger partial charge in [0.2, 0.25) is 0 Å². The van der Waals surface area contributed by atoms with E-state index in [2.05, 4.69) is 21.5 Å². The van der Waals surface area contributed by atoms with E-state index >= 15 is 0 Å². The number of para-hydroxylation sites is 1. The molecule has 4 amide bonds. The van der Waals surface area contributed by atoms with Crippen LogP contribution < -0.4 is 21.5 Å². The highest BCUT2D eigenvalue weighted by molar-refractivity contribution is 7.98. The molecule has 1 atom stereocenters. The van der Waals surface area contributed by atoms with Gasteiger partial charge in [0.15, 0.2) is 0 Å². The lowest BCUT2D eigenvalue weighted by molar-refractivity contribution is -0.137. The molecule has 1 unspecified atom stereocenters. The largest absolute Gasteiger partial charge is 0.416 e. The van der Waals surface area contributed by atoms with Crippen molar-refractivity contribution in [1.29, 1.82) is 0 Å². The predicted octanol–water partition coefficient (Wildman–Crippen LogP) is 3.41. The minimum Gasteiger partial charge on any atom is -0.340 e. The van der Waals surface area contributed by atoms with E-state index in [1.54, 1.807) is 30.3 Å². The zero-order valence-corrected chi connectivity index (χ0v) is 17.3. The van der Waals surface area contributed by atoms with Gasteiger partial charge in [0.1, 0.15) is 6.04 Å². The minimum atomic E-state index is -4.51. The van der Waals surface area contributed by atoms with Crippen LogP contribution in [-0.4, -0.2) is 35.9 Å². The molecule has 0 saturated carbocycles. The number of carbonyl (C=O) groups is 3. The van der Waals surface area contributed by atoms with E-state index in [1.807, 2.05) is 6.26 Å². The molecule has 166 valence electrons. The maximum absolute atomic E-state index is 12.7. The molecule has 0 radical (unpaired) electrons. The first-order chi connectivity index (χ1) is 14.7. The van der Waals surface area contributed by atoms with Gasteiger partial charge in [-0.1, -0.05) is 18.2 Å². The van der Waals surface area contributed by atoms with E-state index in [0.29, 0.717) is 11.4 Å². The third kappa shape index (κ3) is 7.85. The van der Waals surface area contributed by atoms with Crippen LogP contribution in [0.2, 0.25) is 0 Å². The molecule has 0 saturated heterocycles. The Labute approximate surface area is 181 Å². The molecule has 0 aliphatic carbocycles. The van der Waals surface area contributed by atoms with Crippen LogP contribution in [0.25, 0.3) is 0 Å². The van der Waals surface area contributed by atoms with Crippen LogP contribution in [-0.2, 0) is 11.0 Å². The highest BCUT2D eigenvalue weighted by Crippen LogP contribution is 2.29. The summed E-state index contributed by atoms with van der Waals surface area (Å²) < 4.78 is 38.0. The van der Waals surface area contributed by atoms with Crippen LogP contribution >= 0.6 is 11.8 Å². The van der Waals surface area contributed by atoms with E-state index in [1.165, 1.54) is 11.8 Å². The summed E-state index contributed by atoms with van der Waals surface area (Å²) >= 11 is 1.45. The zero-order chi connectivity index (χ0) is 22.9. The van der Waals surface area contributed by atoms with Gasteiger partial charge in [-0.2, -0.15) is 24.9 Å². The van der Waals surface area contributed by atoms with Crippen LogP contribution in [0, 0.1) is 0 Å². The summed E-state index contributed by atoms with van der Waals surface area (Å²) in [4.78, 5) is 36.7. The van der Waals surface area contributed by atoms with E-state index in [9.17, 15) is 27.6 Å². The van der Waals surface area contributed by atoms with Crippen molar-refractivity contribution in [2.75, 3.05) is 17.3 Å². The lowest BCUT2D eigenvalue weighted by Crippen LogP contribution is -2.53. The molecule has 0 aliphatic rings. The number of benzene rings is 2. The summed E-state index contributed by atoms with van der Waals surface area (Å²) in [5, 5.41) is 5.00. The number of amides is 4. The predicted molar refractivity (Wildman–Crippen MR) is 112 cm³/mol. The minimum absolute atomic E-state index is 0.0234. The second kappa shape index (κ2) is 11.3. The molecule has 11 heteroatoms. The number of rotatable bonds is 7. The number of thioether (sulfide) groups is 1. The molecular weight excluding hydrogens is 433 g/mol. The molecule has 0 fully saturated rings. The van der Waals surface area contributed by atoms with Crippen LogP contribution in [0.5, 0.6) is 0 Å². The van der Waals surface area contributed by atoms with E-state index in [0.717, 1.165) is 24.3 Å². The number of hydrogen-bond acceptors (Lipinski definition) is 4. The summed E-state index contributed by atoms with van der Waals surface area (Å²) in [5.41, 5.74) is 4.03. The first kappa shape index (κ1) is 24.1.